The Morgan fingerprint density at radius 2 is 2.27 bits per heavy atom. The molecule has 0 saturated heterocycles. The Hall–Kier alpha value is -1.36. The molecule has 1 aliphatic rings. The Labute approximate surface area is 86.4 Å². The minimum absolute atomic E-state index is 0.210. The topological polar surface area (TPSA) is 75.1 Å². The van der Waals surface area contributed by atoms with Crippen molar-refractivity contribution in [3.8, 4) is 0 Å². The predicted molar refractivity (Wildman–Crippen MR) is 54.6 cm³/mol. The highest BCUT2D eigenvalue weighted by atomic mass is 16.3. The summed E-state index contributed by atoms with van der Waals surface area (Å²) in [7, 11) is 0. The van der Waals surface area contributed by atoms with Gasteiger partial charge in [0, 0.05) is 25.4 Å². The van der Waals surface area contributed by atoms with E-state index in [9.17, 15) is 9.59 Å². The molecule has 1 aliphatic carbocycles. The third kappa shape index (κ3) is 2.36. The lowest BCUT2D eigenvalue weighted by Crippen LogP contribution is -2.29. The van der Waals surface area contributed by atoms with Crippen molar-refractivity contribution in [3.63, 3.8) is 0 Å². The summed E-state index contributed by atoms with van der Waals surface area (Å²) in [5.74, 6) is 1.01. The second-order valence-corrected chi connectivity index (χ2v) is 4.03. The van der Waals surface area contributed by atoms with E-state index in [4.69, 9.17) is 5.11 Å². The van der Waals surface area contributed by atoms with Crippen LogP contribution >= 0.6 is 0 Å². The molecule has 0 unspecified atom stereocenters. The first-order valence-electron chi connectivity index (χ1n) is 5.11. The van der Waals surface area contributed by atoms with Crippen LogP contribution in [0.1, 0.15) is 12.8 Å². The summed E-state index contributed by atoms with van der Waals surface area (Å²) in [5, 5.41) is 8.74. The summed E-state index contributed by atoms with van der Waals surface area (Å²) in [6.45, 7) is 0.849. The maximum absolute atomic E-state index is 11.3. The van der Waals surface area contributed by atoms with Crippen molar-refractivity contribution in [2.45, 2.75) is 19.4 Å². The second-order valence-electron chi connectivity index (χ2n) is 4.03. The van der Waals surface area contributed by atoms with Gasteiger partial charge in [0.25, 0.3) is 5.56 Å². The number of nitrogens with one attached hydrogen (secondary N) is 1. The SMILES string of the molecule is O=c1ccn(C[C@H]2C[C@H]2CCO)c(=O)[nH]1. The fourth-order valence-corrected chi connectivity index (χ4v) is 1.89. The summed E-state index contributed by atoms with van der Waals surface area (Å²) in [6, 6.07) is 1.35. The second kappa shape index (κ2) is 4.02. The number of aliphatic hydroxyl groups is 1. The molecule has 0 amide bonds. The Balaban J connectivity index is 2.01. The number of aliphatic hydroxyl groups excluding tert-OH is 1. The minimum atomic E-state index is -0.362. The maximum atomic E-state index is 11.3. The molecule has 2 rings (SSSR count). The van der Waals surface area contributed by atoms with Crippen LogP contribution in [0, 0.1) is 11.8 Å². The van der Waals surface area contributed by atoms with E-state index in [0.29, 0.717) is 18.4 Å². The van der Waals surface area contributed by atoms with Gasteiger partial charge < -0.3 is 9.67 Å². The Bertz CT molecular complexity index is 448. The molecule has 0 spiro atoms. The summed E-state index contributed by atoms with van der Waals surface area (Å²) in [4.78, 5) is 24.4. The first-order valence-corrected chi connectivity index (χ1v) is 5.11. The van der Waals surface area contributed by atoms with Crippen molar-refractivity contribution in [1.82, 2.24) is 9.55 Å². The van der Waals surface area contributed by atoms with Gasteiger partial charge in [0.05, 0.1) is 0 Å². The molecular formula is C10H14N2O3. The Morgan fingerprint density at radius 3 is 2.93 bits per heavy atom. The zero-order valence-corrected chi connectivity index (χ0v) is 8.35. The van der Waals surface area contributed by atoms with Crippen molar-refractivity contribution in [2.75, 3.05) is 6.61 Å². The van der Waals surface area contributed by atoms with Crippen molar-refractivity contribution in [3.05, 3.63) is 33.1 Å². The van der Waals surface area contributed by atoms with Crippen LogP contribution in [0.4, 0.5) is 0 Å². The largest absolute Gasteiger partial charge is 0.396 e. The van der Waals surface area contributed by atoms with Crippen LogP contribution in [0.2, 0.25) is 0 Å². The maximum Gasteiger partial charge on any atom is 0.328 e. The summed E-state index contributed by atoms with van der Waals surface area (Å²) >= 11 is 0. The molecule has 2 atom stereocenters. The van der Waals surface area contributed by atoms with Gasteiger partial charge in [-0.05, 0) is 24.7 Å². The first kappa shape index (κ1) is 10.2. The molecule has 1 heterocycles. The number of aromatic nitrogens is 2. The smallest absolute Gasteiger partial charge is 0.328 e. The Kier molecular flexibility index (Phi) is 2.73. The summed E-state index contributed by atoms with van der Waals surface area (Å²) in [6.07, 6.45) is 3.39. The fraction of sp³-hybridized carbons (Fsp3) is 0.600. The monoisotopic (exact) mass is 210 g/mol. The highest BCUT2D eigenvalue weighted by molar-refractivity contribution is 4.89. The normalized spacial score (nSPS) is 24.1. The van der Waals surface area contributed by atoms with Gasteiger partial charge in [-0.3, -0.25) is 9.78 Å². The van der Waals surface area contributed by atoms with E-state index >= 15 is 0 Å². The predicted octanol–water partition coefficient (Wildman–Crippen LogP) is -0.445. The number of aromatic amines is 1. The molecule has 1 saturated carbocycles. The zero-order chi connectivity index (χ0) is 10.8. The molecule has 1 aromatic heterocycles. The van der Waals surface area contributed by atoms with Gasteiger partial charge in [-0.25, -0.2) is 4.79 Å². The average Bonchev–Trinajstić information content (AvgIpc) is 2.90. The molecule has 0 aliphatic heterocycles. The standard InChI is InChI=1S/C10H14N2O3/c13-4-2-7-5-8(7)6-12-3-1-9(14)11-10(12)15/h1,3,7-8,13H,2,4-6H2,(H,11,14,15)/t7-,8-/m1/s1. The number of H-pyrrole nitrogens is 1. The first-order chi connectivity index (χ1) is 7.20. The lowest BCUT2D eigenvalue weighted by atomic mass is 10.2. The average molecular weight is 210 g/mol. The van der Waals surface area contributed by atoms with E-state index in [1.807, 2.05) is 0 Å². The van der Waals surface area contributed by atoms with Crippen LogP contribution in [-0.2, 0) is 6.54 Å². The van der Waals surface area contributed by atoms with Gasteiger partial charge in [-0.2, -0.15) is 0 Å². The highest BCUT2D eigenvalue weighted by Crippen LogP contribution is 2.41. The quantitative estimate of drug-likeness (QED) is 0.707. The van der Waals surface area contributed by atoms with Gasteiger partial charge in [0.2, 0.25) is 0 Å². The van der Waals surface area contributed by atoms with E-state index < -0.39 is 0 Å². The highest BCUT2D eigenvalue weighted by Gasteiger charge is 2.36. The van der Waals surface area contributed by atoms with E-state index in [0.717, 1.165) is 12.8 Å². The number of hydrogen-bond acceptors (Lipinski definition) is 3. The van der Waals surface area contributed by atoms with E-state index in [-0.39, 0.29) is 17.9 Å². The van der Waals surface area contributed by atoms with Gasteiger partial charge in [-0.15, -0.1) is 0 Å². The third-order valence-electron chi connectivity index (χ3n) is 2.90. The number of nitrogens with zero attached hydrogens (tertiary/aromatic N) is 1. The van der Waals surface area contributed by atoms with Gasteiger partial charge >= 0.3 is 5.69 Å². The van der Waals surface area contributed by atoms with Crippen molar-refractivity contribution in [1.29, 1.82) is 0 Å². The summed E-state index contributed by atoms with van der Waals surface area (Å²) in [5.41, 5.74) is -0.712. The molecule has 5 nitrogen and oxygen atoms in total. The Morgan fingerprint density at radius 1 is 1.47 bits per heavy atom. The number of hydrogen-bond donors (Lipinski definition) is 2. The summed E-state index contributed by atoms with van der Waals surface area (Å²) < 4.78 is 1.52. The van der Waals surface area contributed by atoms with Crippen LogP contribution in [0.15, 0.2) is 21.9 Å². The minimum Gasteiger partial charge on any atom is -0.396 e. The van der Waals surface area contributed by atoms with Crippen molar-refractivity contribution in [2.24, 2.45) is 11.8 Å². The molecule has 5 heteroatoms. The molecule has 82 valence electrons. The molecular weight excluding hydrogens is 196 g/mol. The molecule has 0 radical (unpaired) electrons. The molecule has 1 fully saturated rings. The van der Waals surface area contributed by atoms with Gasteiger partial charge in [0.15, 0.2) is 0 Å². The lowest BCUT2D eigenvalue weighted by Gasteiger charge is -2.02. The van der Waals surface area contributed by atoms with Crippen LogP contribution in [0.25, 0.3) is 0 Å². The molecule has 15 heavy (non-hydrogen) atoms. The van der Waals surface area contributed by atoms with Crippen LogP contribution < -0.4 is 11.2 Å². The van der Waals surface area contributed by atoms with Crippen molar-refractivity contribution < 1.29 is 5.11 Å². The van der Waals surface area contributed by atoms with Crippen LogP contribution in [-0.4, -0.2) is 21.3 Å². The molecule has 2 N–H and O–H groups in total. The van der Waals surface area contributed by atoms with E-state index in [2.05, 4.69) is 4.98 Å². The lowest BCUT2D eigenvalue weighted by molar-refractivity contribution is 0.275. The molecule has 1 aromatic rings. The van der Waals surface area contributed by atoms with E-state index in [1.54, 1.807) is 0 Å². The van der Waals surface area contributed by atoms with Crippen molar-refractivity contribution >= 4 is 0 Å². The van der Waals surface area contributed by atoms with E-state index in [1.165, 1.54) is 16.8 Å². The van der Waals surface area contributed by atoms with Crippen LogP contribution in [0.3, 0.4) is 0 Å². The zero-order valence-electron chi connectivity index (χ0n) is 8.35. The molecule has 0 aromatic carbocycles. The fourth-order valence-electron chi connectivity index (χ4n) is 1.89. The number of rotatable bonds is 4. The van der Waals surface area contributed by atoms with Gasteiger partial charge in [0.1, 0.15) is 0 Å². The van der Waals surface area contributed by atoms with Crippen LogP contribution in [0.5, 0.6) is 0 Å². The molecule has 0 bridgehead atoms. The van der Waals surface area contributed by atoms with Gasteiger partial charge in [-0.1, -0.05) is 0 Å². The third-order valence-corrected chi connectivity index (χ3v) is 2.90.